The second kappa shape index (κ2) is 6.45. The molecule has 106 valence electrons. The number of nitro benzene ring substituents is 1. The van der Waals surface area contributed by atoms with Gasteiger partial charge in [-0.1, -0.05) is 0 Å². The van der Waals surface area contributed by atoms with Crippen LogP contribution in [0.4, 0.5) is 5.69 Å². The molecule has 0 saturated heterocycles. The number of non-ortho nitro benzene ring substituents is 1. The number of hydrogen-bond donors (Lipinski definition) is 1. The lowest BCUT2D eigenvalue weighted by Crippen LogP contribution is -2.00. The van der Waals surface area contributed by atoms with Gasteiger partial charge in [-0.3, -0.25) is 10.1 Å². The molecular weight excluding hydrogens is 274 g/mol. The van der Waals surface area contributed by atoms with Crippen molar-refractivity contribution in [3.63, 3.8) is 0 Å². The van der Waals surface area contributed by atoms with Gasteiger partial charge in [-0.2, -0.15) is 5.26 Å². The van der Waals surface area contributed by atoms with Crippen molar-refractivity contribution in [3.8, 4) is 11.8 Å². The molecule has 1 heterocycles. The van der Waals surface area contributed by atoms with Gasteiger partial charge < -0.3 is 9.84 Å². The highest BCUT2D eigenvalue weighted by Gasteiger charge is 2.11. The van der Waals surface area contributed by atoms with Crippen LogP contribution in [0.1, 0.15) is 16.8 Å². The molecule has 0 bridgehead atoms. The lowest BCUT2D eigenvalue weighted by Gasteiger charge is -2.10. The second-order valence-electron chi connectivity index (χ2n) is 4.16. The van der Waals surface area contributed by atoms with E-state index in [1.54, 1.807) is 12.1 Å². The molecule has 0 aliphatic rings. The van der Waals surface area contributed by atoms with Gasteiger partial charge in [-0.15, -0.1) is 0 Å². The number of ether oxygens (including phenoxy) is 1. The van der Waals surface area contributed by atoms with Crippen molar-refractivity contribution in [3.05, 3.63) is 63.5 Å². The summed E-state index contributed by atoms with van der Waals surface area (Å²) in [7, 11) is 0. The summed E-state index contributed by atoms with van der Waals surface area (Å²) < 4.78 is 5.53. The topological polar surface area (TPSA) is 109 Å². The van der Waals surface area contributed by atoms with Gasteiger partial charge in [-0.25, -0.2) is 4.98 Å². The summed E-state index contributed by atoms with van der Waals surface area (Å²) >= 11 is 0. The fraction of sp³-hybridized carbons (Fsp3) is 0.143. The van der Waals surface area contributed by atoms with E-state index in [1.807, 2.05) is 6.07 Å². The summed E-state index contributed by atoms with van der Waals surface area (Å²) in [6.45, 7) is -0.196. The van der Waals surface area contributed by atoms with E-state index in [2.05, 4.69) is 4.98 Å². The number of benzene rings is 1. The van der Waals surface area contributed by atoms with Gasteiger partial charge in [0.1, 0.15) is 24.1 Å². The van der Waals surface area contributed by atoms with Crippen molar-refractivity contribution in [1.82, 2.24) is 4.98 Å². The fourth-order valence-electron chi connectivity index (χ4n) is 1.73. The van der Waals surface area contributed by atoms with E-state index < -0.39 is 4.92 Å². The van der Waals surface area contributed by atoms with Crippen LogP contribution in [0.15, 0.2) is 36.5 Å². The Kier molecular flexibility index (Phi) is 4.43. The van der Waals surface area contributed by atoms with Crippen LogP contribution in [0.3, 0.4) is 0 Å². The molecule has 7 nitrogen and oxygen atoms in total. The molecule has 21 heavy (non-hydrogen) atoms. The van der Waals surface area contributed by atoms with Crippen LogP contribution in [0.25, 0.3) is 0 Å². The van der Waals surface area contributed by atoms with Crippen LogP contribution in [0.2, 0.25) is 0 Å². The lowest BCUT2D eigenvalue weighted by molar-refractivity contribution is -0.385. The van der Waals surface area contributed by atoms with Crippen LogP contribution < -0.4 is 4.74 Å². The predicted octanol–water partition coefficient (Wildman–Crippen LogP) is 1.93. The normalized spacial score (nSPS) is 9.90. The third kappa shape index (κ3) is 3.52. The Morgan fingerprint density at radius 2 is 2.19 bits per heavy atom. The van der Waals surface area contributed by atoms with Crippen LogP contribution in [0.5, 0.6) is 5.75 Å². The van der Waals surface area contributed by atoms with E-state index in [0.29, 0.717) is 11.3 Å². The molecule has 0 atom stereocenters. The molecule has 0 unspecified atom stereocenters. The molecule has 1 N–H and O–H groups in total. The number of aromatic nitrogens is 1. The molecule has 0 fully saturated rings. The van der Waals surface area contributed by atoms with E-state index in [4.69, 9.17) is 10.00 Å². The Morgan fingerprint density at radius 1 is 1.38 bits per heavy atom. The minimum atomic E-state index is -0.537. The number of aliphatic hydroxyl groups is 1. The molecule has 0 aliphatic carbocycles. The minimum Gasteiger partial charge on any atom is -0.489 e. The first kappa shape index (κ1) is 14.4. The van der Waals surface area contributed by atoms with Crippen LogP contribution in [-0.2, 0) is 13.2 Å². The number of pyridine rings is 1. The highest BCUT2D eigenvalue weighted by atomic mass is 16.6. The zero-order valence-corrected chi connectivity index (χ0v) is 10.9. The van der Waals surface area contributed by atoms with E-state index >= 15 is 0 Å². The molecule has 2 rings (SSSR count). The van der Waals surface area contributed by atoms with E-state index in [9.17, 15) is 15.2 Å². The SMILES string of the molecule is N#Cc1cc(COc2ccc([N+](=O)[O-])cc2CO)ccn1. The maximum absolute atomic E-state index is 10.7. The zero-order chi connectivity index (χ0) is 15.2. The van der Waals surface area contributed by atoms with Gasteiger partial charge in [0, 0.05) is 23.9 Å². The van der Waals surface area contributed by atoms with Crippen molar-refractivity contribution in [2.45, 2.75) is 13.2 Å². The first-order chi connectivity index (χ1) is 10.1. The largest absolute Gasteiger partial charge is 0.489 e. The number of nitriles is 1. The first-order valence-corrected chi connectivity index (χ1v) is 6.00. The van der Waals surface area contributed by atoms with E-state index in [-0.39, 0.29) is 24.6 Å². The van der Waals surface area contributed by atoms with Crippen LogP contribution >= 0.6 is 0 Å². The van der Waals surface area contributed by atoms with E-state index in [1.165, 1.54) is 24.4 Å². The van der Waals surface area contributed by atoms with Gasteiger partial charge >= 0.3 is 0 Å². The highest BCUT2D eigenvalue weighted by Crippen LogP contribution is 2.25. The summed E-state index contributed by atoms with van der Waals surface area (Å²) in [4.78, 5) is 14.0. The number of hydrogen-bond acceptors (Lipinski definition) is 6. The number of nitro groups is 1. The Morgan fingerprint density at radius 3 is 2.86 bits per heavy atom. The molecule has 1 aromatic heterocycles. The van der Waals surface area contributed by atoms with Crippen molar-refractivity contribution < 1.29 is 14.8 Å². The molecule has 1 aromatic carbocycles. The predicted molar refractivity (Wildman–Crippen MR) is 72.3 cm³/mol. The maximum atomic E-state index is 10.7. The highest BCUT2D eigenvalue weighted by molar-refractivity contribution is 5.43. The lowest BCUT2D eigenvalue weighted by atomic mass is 10.2. The Balaban J connectivity index is 2.16. The molecule has 0 radical (unpaired) electrons. The summed E-state index contributed by atoms with van der Waals surface area (Å²) in [5.74, 6) is 0.360. The third-order valence-corrected chi connectivity index (χ3v) is 2.76. The molecule has 0 spiro atoms. The van der Waals surface area contributed by atoms with Gasteiger partial charge in [0.2, 0.25) is 0 Å². The molecule has 0 amide bonds. The van der Waals surface area contributed by atoms with Gasteiger partial charge in [-0.05, 0) is 23.8 Å². The molecule has 0 saturated carbocycles. The quantitative estimate of drug-likeness (QED) is 0.664. The zero-order valence-electron chi connectivity index (χ0n) is 10.9. The maximum Gasteiger partial charge on any atom is 0.270 e. The summed E-state index contributed by atoms with van der Waals surface area (Å²) in [6, 6.07) is 9.23. The average molecular weight is 285 g/mol. The smallest absolute Gasteiger partial charge is 0.270 e. The Labute approximate surface area is 120 Å². The standard InChI is InChI=1S/C14H11N3O4/c15-7-12-5-10(3-4-16-12)9-21-14-2-1-13(17(19)20)6-11(14)8-18/h1-6,18H,8-9H2. The third-order valence-electron chi connectivity index (χ3n) is 2.76. The van der Waals surface area contributed by atoms with Crippen molar-refractivity contribution in [1.29, 1.82) is 5.26 Å². The molecule has 0 aliphatic heterocycles. The molecule has 2 aromatic rings. The minimum absolute atomic E-state index is 0.109. The van der Waals surface area contributed by atoms with E-state index in [0.717, 1.165) is 5.56 Å². The van der Waals surface area contributed by atoms with Crippen molar-refractivity contribution in [2.24, 2.45) is 0 Å². The van der Waals surface area contributed by atoms with Crippen molar-refractivity contribution in [2.75, 3.05) is 0 Å². The van der Waals surface area contributed by atoms with Gasteiger partial charge in [0.15, 0.2) is 0 Å². The number of aliphatic hydroxyl groups excluding tert-OH is 1. The second-order valence-corrected chi connectivity index (χ2v) is 4.16. The monoisotopic (exact) mass is 285 g/mol. The summed E-state index contributed by atoms with van der Waals surface area (Å²) in [6.07, 6.45) is 1.50. The number of nitrogens with zero attached hydrogens (tertiary/aromatic N) is 3. The Hall–Kier alpha value is -2.98. The summed E-state index contributed by atoms with van der Waals surface area (Å²) in [5, 5.41) is 28.7. The van der Waals surface area contributed by atoms with Crippen molar-refractivity contribution >= 4 is 5.69 Å². The Bertz CT molecular complexity index is 710. The summed E-state index contributed by atoms with van der Waals surface area (Å²) in [5.41, 5.74) is 1.24. The van der Waals surface area contributed by atoms with Crippen LogP contribution in [0, 0.1) is 21.4 Å². The van der Waals surface area contributed by atoms with Gasteiger partial charge in [0.25, 0.3) is 5.69 Å². The van der Waals surface area contributed by atoms with Crippen LogP contribution in [-0.4, -0.2) is 15.0 Å². The first-order valence-electron chi connectivity index (χ1n) is 6.00. The fourth-order valence-corrected chi connectivity index (χ4v) is 1.73. The number of rotatable bonds is 5. The van der Waals surface area contributed by atoms with Gasteiger partial charge in [0.05, 0.1) is 11.5 Å². The average Bonchev–Trinajstić information content (AvgIpc) is 2.52. The molecular formula is C14H11N3O4. The molecule has 7 heteroatoms.